The summed E-state index contributed by atoms with van der Waals surface area (Å²) >= 11 is 11.6. The Bertz CT molecular complexity index is 721. The van der Waals surface area contributed by atoms with Crippen LogP contribution in [0.5, 0.6) is 0 Å². The summed E-state index contributed by atoms with van der Waals surface area (Å²) in [5.41, 5.74) is 7.57. The van der Waals surface area contributed by atoms with Crippen LogP contribution in [-0.4, -0.2) is 30.4 Å². The highest BCUT2D eigenvalue weighted by atomic mass is 35.5. The van der Waals surface area contributed by atoms with E-state index >= 15 is 0 Å². The molecule has 5 nitrogen and oxygen atoms in total. The van der Waals surface area contributed by atoms with Gasteiger partial charge in [0.2, 0.25) is 5.96 Å². The fourth-order valence-corrected chi connectivity index (χ4v) is 1.78. The maximum absolute atomic E-state index is 5.82. The summed E-state index contributed by atoms with van der Waals surface area (Å²) in [6.45, 7) is 0. The molecule has 0 aliphatic carbocycles. The molecule has 0 spiro atoms. The molecule has 0 aromatic heterocycles. The fraction of sp³-hybridized carbons (Fsp3) is 0.0625. The van der Waals surface area contributed by atoms with Crippen LogP contribution in [0.15, 0.2) is 63.8 Å². The van der Waals surface area contributed by atoms with Gasteiger partial charge in [0.15, 0.2) is 0 Å². The van der Waals surface area contributed by atoms with Gasteiger partial charge in [-0.05, 0) is 35.4 Å². The van der Waals surface area contributed by atoms with E-state index in [4.69, 9.17) is 28.9 Å². The third-order valence-electron chi connectivity index (χ3n) is 2.82. The Hall–Kier alpha value is -2.37. The number of guanidine groups is 1. The topological polar surface area (TPSA) is 66.3 Å². The standard InChI is InChI=1S/C16H15Cl2N5/c1-23(21-11-13-4-8-15(18)9-5-13)16(19)22-20-10-12-2-6-14(17)7-3-12/h2-11H,1H3,(H2,19,22)/b20-10+,21-11+. The quantitative estimate of drug-likeness (QED) is 0.521. The molecule has 118 valence electrons. The Balaban J connectivity index is 1.96. The Morgan fingerprint density at radius 3 is 1.91 bits per heavy atom. The molecule has 0 atom stereocenters. The predicted octanol–water partition coefficient (Wildman–Crippen LogP) is 3.61. The molecule has 0 radical (unpaired) electrons. The van der Waals surface area contributed by atoms with Crippen molar-refractivity contribution in [2.45, 2.75) is 0 Å². The number of nitrogens with two attached hydrogens (primary N) is 1. The van der Waals surface area contributed by atoms with Crippen molar-refractivity contribution in [3.63, 3.8) is 0 Å². The number of rotatable bonds is 4. The zero-order valence-electron chi connectivity index (χ0n) is 12.4. The highest BCUT2D eigenvalue weighted by Crippen LogP contribution is 2.08. The van der Waals surface area contributed by atoms with Gasteiger partial charge in [0.1, 0.15) is 0 Å². The molecule has 0 saturated carbocycles. The van der Waals surface area contributed by atoms with Gasteiger partial charge in [-0.3, -0.25) is 0 Å². The molecular weight excluding hydrogens is 333 g/mol. The average molecular weight is 348 g/mol. The summed E-state index contributed by atoms with van der Waals surface area (Å²) in [7, 11) is 1.68. The molecule has 0 aliphatic heterocycles. The summed E-state index contributed by atoms with van der Waals surface area (Å²) in [5, 5.41) is 14.8. The van der Waals surface area contributed by atoms with E-state index < -0.39 is 0 Å². The Kier molecular flexibility index (Phi) is 6.14. The number of halogens is 2. The smallest absolute Gasteiger partial charge is 0.236 e. The number of benzene rings is 2. The van der Waals surface area contributed by atoms with Crippen LogP contribution in [-0.2, 0) is 0 Å². The number of hydrogen-bond donors (Lipinski definition) is 1. The monoisotopic (exact) mass is 347 g/mol. The van der Waals surface area contributed by atoms with Crippen LogP contribution >= 0.6 is 23.2 Å². The Morgan fingerprint density at radius 1 is 0.913 bits per heavy atom. The van der Waals surface area contributed by atoms with E-state index in [9.17, 15) is 0 Å². The van der Waals surface area contributed by atoms with Crippen LogP contribution < -0.4 is 5.73 Å². The average Bonchev–Trinajstić information content (AvgIpc) is 2.55. The minimum atomic E-state index is 0.167. The van der Waals surface area contributed by atoms with E-state index in [1.165, 1.54) is 5.01 Å². The second-order valence-corrected chi connectivity index (χ2v) is 5.45. The van der Waals surface area contributed by atoms with Crippen LogP contribution in [0.3, 0.4) is 0 Å². The lowest BCUT2D eigenvalue weighted by Crippen LogP contribution is -2.29. The van der Waals surface area contributed by atoms with E-state index in [1.54, 1.807) is 43.7 Å². The lowest BCUT2D eigenvalue weighted by molar-refractivity contribution is 0.538. The van der Waals surface area contributed by atoms with Gasteiger partial charge in [0.05, 0.1) is 12.4 Å². The number of hydrazone groups is 1. The van der Waals surface area contributed by atoms with E-state index in [2.05, 4.69) is 15.3 Å². The molecule has 23 heavy (non-hydrogen) atoms. The molecule has 0 amide bonds. The van der Waals surface area contributed by atoms with Crippen LogP contribution in [0, 0.1) is 0 Å². The summed E-state index contributed by atoms with van der Waals surface area (Å²) in [5.74, 6) is 0.167. The predicted molar refractivity (Wildman–Crippen MR) is 97.5 cm³/mol. The van der Waals surface area contributed by atoms with Crippen LogP contribution in [0.1, 0.15) is 11.1 Å². The highest BCUT2D eigenvalue weighted by molar-refractivity contribution is 6.30. The third-order valence-corrected chi connectivity index (χ3v) is 3.32. The van der Waals surface area contributed by atoms with Crippen LogP contribution in [0.4, 0.5) is 0 Å². The van der Waals surface area contributed by atoms with Crippen LogP contribution in [0.25, 0.3) is 0 Å². The van der Waals surface area contributed by atoms with E-state index in [0.717, 1.165) is 11.1 Å². The maximum atomic E-state index is 5.82. The first kappa shape index (κ1) is 17.0. The van der Waals surface area contributed by atoms with Gasteiger partial charge in [0.25, 0.3) is 0 Å². The molecule has 0 unspecified atom stereocenters. The first-order valence-corrected chi connectivity index (χ1v) is 7.45. The van der Waals surface area contributed by atoms with Crippen molar-refractivity contribution >= 4 is 41.6 Å². The van der Waals surface area contributed by atoms with Crippen molar-refractivity contribution in [1.29, 1.82) is 0 Å². The molecule has 2 aromatic rings. The van der Waals surface area contributed by atoms with Crippen molar-refractivity contribution in [2.24, 2.45) is 21.0 Å². The molecule has 0 aliphatic rings. The Labute approximate surface area is 144 Å². The molecule has 0 fully saturated rings. The van der Waals surface area contributed by atoms with E-state index in [1.807, 2.05) is 24.3 Å². The molecule has 0 heterocycles. The van der Waals surface area contributed by atoms with Gasteiger partial charge in [-0.25, -0.2) is 5.01 Å². The molecular formula is C16H15Cl2N5. The first-order chi connectivity index (χ1) is 11.0. The normalized spacial score (nSPS) is 12.2. The summed E-state index contributed by atoms with van der Waals surface area (Å²) in [4.78, 5) is 0. The van der Waals surface area contributed by atoms with Gasteiger partial charge in [-0.2, -0.15) is 10.2 Å². The van der Waals surface area contributed by atoms with Crippen molar-refractivity contribution in [3.8, 4) is 0 Å². The van der Waals surface area contributed by atoms with Crippen molar-refractivity contribution in [3.05, 3.63) is 69.7 Å². The van der Waals surface area contributed by atoms with Gasteiger partial charge in [0, 0.05) is 17.1 Å². The van der Waals surface area contributed by atoms with E-state index in [0.29, 0.717) is 10.0 Å². The largest absolute Gasteiger partial charge is 0.367 e. The fourth-order valence-electron chi connectivity index (χ4n) is 1.53. The zero-order chi connectivity index (χ0) is 16.7. The van der Waals surface area contributed by atoms with Crippen molar-refractivity contribution in [1.82, 2.24) is 5.01 Å². The summed E-state index contributed by atoms with van der Waals surface area (Å²) < 4.78 is 0. The molecule has 2 N–H and O–H groups in total. The lowest BCUT2D eigenvalue weighted by Gasteiger charge is -2.09. The molecule has 2 rings (SSSR count). The van der Waals surface area contributed by atoms with Gasteiger partial charge in [-0.15, -0.1) is 5.10 Å². The minimum Gasteiger partial charge on any atom is -0.367 e. The molecule has 0 saturated heterocycles. The van der Waals surface area contributed by atoms with Gasteiger partial charge in [-0.1, -0.05) is 47.5 Å². The van der Waals surface area contributed by atoms with Crippen molar-refractivity contribution < 1.29 is 0 Å². The van der Waals surface area contributed by atoms with Gasteiger partial charge >= 0.3 is 0 Å². The second kappa shape index (κ2) is 8.31. The minimum absolute atomic E-state index is 0.167. The first-order valence-electron chi connectivity index (χ1n) is 6.70. The summed E-state index contributed by atoms with van der Waals surface area (Å²) in [6.07, 6.45) is 3.24. The van der Waals surface area contributed by atoms with E-state index in [-0.39, 0.29) is 5.96 Å². The second-order valence-electron chi connectivity index (χ2n) is 4.57. The van der Waals surface area contributed by atoms with Gasteiger partial charge < -0.3 is 5.73 Å². The van der Waals surface area contributed by atoms with Crippen molar-refractivity contribution in [2.75, 3.05) is 7.05 Å². The summed E-state index contributed by atoms with van der Waals surface area (Å²) in [6, 6.07) is 14.5. The van der Waals surface area contributed by atoms with Crippen LogP contribution in [0.2, 0.25) is 10.0 Å². The maximum Gasteiger partial charge on any atom is 0.236 e. The third kappa shape index (κ3) is 5.73. The lowest BCUT2D eigenvalue weighted by atomic mass is 10.2. The SMILES string of the molecule is CN(/N=C/c1ccc(Cl)cc1)/C(N)=N/N=C/c1ccc(Cl)cc1. The zero-order valence-corrected chi connectivity index (χ0v) is 13.9. The highest BCUT2D eigenvalue weighted by Gasteiger charge is 1.97. The molecule has 0 bridgehead atoms. The number of nitrogens with zero attached hydrogens (tertiary/aromatic N) is 4. The number of hydrogen-bond acceptors (Lipinski definition) is 3. The molecule has 7 heteroatoms. The molecule has 2 aromatic carbocycles. The Morgan fingerprint density at radius 2 is 1.39 bits per heavy atom.